The normalized spacial score (nSPS) is 11.9. The second kappa shape index (κ2) is 5.96. The number of aliphatic carboxylic acids is 1. The van der Waals surface area contributed by atoms with E-state index in [4.69, 9.17) is 16.1 Å². The van der Waals surface area contributed by atoms with Crippen molar-refractivity contribution in [2.75, 3.05) is 0 Å². The summed E-state index contributed by atoms with van der Waals surface area (Å²) in [5.41, 5.74) is 2.69. The molecule has 3 N–H and O–H groups in total. The number of Topliss-reactive ketones (excluding diaryl/α,β-unsaturated/α-hetero) is 1. The number of nitriles is 1. The molecule has 18 heavy (non-hydrogen) atoms. The van der Waals surface area contributed by atoms with E-state index in [1.54, 1.807) is 41.5 Å². The van der Waals surface area contributed by atoms with Gasteiger partial charge in [-0.1, -0.05) is 13.8 Å². The van der Waals surface area contributed by atoms with Crippen LogP contribution in [0.1, 0.15) is 48.5 Å². The molecular formula is C13H24N2O3. The fourth-order valence-corrected chi connectivity index (χ4v) is 0.707. The maximum absolute atomic E-state index is 11.2. The SMILES string of the molecule is CC(=O)C(C)(C)C(C)(C)C(=O)O.CC(C)(N)C#N. The molecule has 0 aromatic rings. The first-order valence-corrected chi connectivity index (χ1v) is 5.64. The van der Waals surface area contributed by atoms with Crippen molar-refractivity contribution in [1.29, 1.82) is 5.26 Å². The Morgan fingerprint density at radius 2 is 1.33 bits per heavy atom. The number of carboxylic acid groups (broad SMARTS) is 1. The Balaban J connectivity index is 0. The molecule has 0 atom stereocenters. The molecule has 0 heterocycles. The number of nitrogens with zero attached hydrogens (tertiary/aromatic N) is 1. The molecule has 0 saturated heterocycles. The number of hydrogen-bond acceptors (Lipinski definition) is 4. The molecule has 0 saturated carbocycles. The van der Waals surface area contributed by atoms with Crippen LogP contribution in [0.2, 0.25) is 0 Å². The van der Waals surface area contributed by atoms with Crippen LogP contribution in [-0.4, -0.2) is 22.4 Å². The standard InChI is InChI=1S/C9H16O3.C4H8N2/c1-6(10)8(2,3)9(4,5)7(11)12;1-4(2,6)3-5/h1-5H3,(H,11,12);6H2,1-2H3. The predicted molar refractivity (Wildman–Crippen MR) is 69.8 cm³/mol. The lowest BCUT2D eigenvalue weighted by Gasteiger charge is -2.35. The first kappa shape index (κ1) is 18.9. The molecule has 0 aromatic carbocycles. The summed E-state index contributed by atoms with van der Waals surface area (Å²) in [6.45, 7) is 11.2. The number of hydrogen-bond donors (Lipinski definition) is 2. The Morgan fingerprint density at radius 3 is 1.39 bits per heavy atom. The summed E-state index contributed by atoms with van der Waals surface area (Å²) < 4.78 is 0. The van der Waals surface area contributed by atoms with Gasteiger partial charge in [0.15, 0.2) is 0 Å². The lowest BCUT2D eigenvalue weighted by molar-refractivity contribution is -0.158. The third kappa shape index (κ3) is 5.28. The van der Waals surface area contributed by atoms with E-state index < -0.39 is 22.3 Å². The van der Waals surface area contributed by atoms with Gasteiger partial charge in [-0.2, -0.15) is 5.26 Å². The maximum Gasteiger partial charge on any atom is 0.310 e. The van der Waals surface area contributed by atoms with Crippen LogP contribution in [0.15, 0.2) is 0 Å². The summed E-state index contributed by atoms with van der Waals surface area (Å²) in [4.78, 5) is 22.0. The van der Waals surface area contributed by atoms with Crippen molar-refractivity contribution in [1.82, 2.24) is 0 Å². The zero-order valence-electron chi connectivity index (χ0n) is 12.3. The van der Waals surface area contributed by atoms with Crippen molar-refractivity contribution in [3.05, 3.63) is 0 Å². The Bertz CT molecular complexity index is 333. The number of carbonyl (C=O) groups excluding carboxylic acids is 1. The molecule has 0 fully saturated rings. The lowest BCUT2D eigenvalue weighted by atomic mass is 9.66. The van der Waals surface area contributed by atoms with Gasteiger partial charge in [0.25, 0.3) is 0 Å². The maximum atomic E-state index is 11.2. The van der Waals surface area contributed by atoms with E-state index >= 15 is 0 Å². The Hall–Kier alpha value is -1.41. The number of carbonyl (C=O) groups is 2. The highest BCUT2D eigenvalue weighted by molar-refractivity contribution is 5.89. The zero-order chi connectivity index (χ0) is 15.4. The van der Waals surface area contributed by atoms with Gasteiger partial charge in [-0.25, -0.2) is 0 Å². The molecule has 0 rings (SSSR count). The van der Waals surface area contributed by atoms with E-state index in [9.17, 15) is 9.59 Å². The predicted octanol–water partition coefficient (Wildman–Crippen LogP) is 1.96. The fourth-order valence-electron chi connectivity index (χ4n) is 0.707. The molecule has 0 spiro atoms. The molecule has 0 unspecified atom stereocenters. The van der Waals surface area contributed by atoms with E-state index in [0.29, 0.717) is 0 Å². The molecule has 0 bridgehead atoms. The van der Waals surface area contributed by atoms with Gasteiger partial charge < -0.3 is 10.8 Å². The highest BCUT2D eigenvalue weighted by atomic mass is 16.4. The quantitative estimate of drug-likeness (QED) is 0.803. The average molecular weight is 256 g/mol. The number of rotatable bonds is 3. The highest BCUT2D eigenvalue weighted by Gasteiger charge is 2.46. The van der Waals surface area contributed by atoms with Gasteiger partial charge in [0, 0.05) is 5.41 Å². The molecule has 104 valence electrons. The van der Waals surface area contributed by atoms with Crippen LogP contribution in [0.5, 0.6) is 0 Å². The molecule has 0 aliphatic carbocycles. The van der Waals surface area contributed by atoms with Crippen molar-refractivity contribution >= 4 is 11.8 Å². The van der Waals surface area contributed by atoms with Crippen LogP contribution in [0.3, 0.4) is 0 Å². The van der Waals surface area contributed by atoms with Crippen molar-refractivity contribution in [2.45, 2.75) is 54.0 Å². The van der Waals surface area contributed by atoms with Gasteiger partial charge in [-0.3, -0.25) is 9.59 Å². The van der Waals surface area contributed by atoms with Gasteiger partial charge >= 0.3 is 5.97 Å². The molecule has 5 heteroatoms. The topological polar surface area (TPSA) is 104 Å². The van der Waals surface area contributed by atoms with Crippen LogP contribution in [0.4, 0.5) is 0 Å². The van der Waals surface area contributed by atoms with Crippen LogP contribution < -0.4 is 5.73 Å². The average Bonchev–Trinajstić information content (AvgIpc) is 2.16. The van der Waals surface area contributed by atoms with Crippen molar-refractivity contribution in [3.63, 3.8) is 0 Å². The Morgan fingerprint density at radius 1 is 1.06 bits per heavy atom. The van der Waals surface area contributed by atoms with E-state index in [1.807, 2.05) is 6.07 Å². The van der Waals surface area contributed by atoms with Crippen molar-refractivity contribution < 1.29 is 14.7 Å². The van der Waals surface area contributed by atoms with Crippen molar-refractivity contribution in [2.24, 2.45) is 16.6 Å². The third-order valence-corrected chi connectivity index (χ3v) is 3.27. The monoisotopic (exact) mass is 256 g/mol. The number of nitrogens with two attached hydrogens (primary N) is 1. The summed E-state index contributed by atoms with van der Waals surface area (Å²) in [6, 6.07) is 1.88. The van der Waals surface area contributed by atoms with E-state index in [-0.39, 0.29) is 5.78 Å². The minimum absolute atomic E-state index is 0.102. The summed E-state index contributed by atoms with van der Waals surface area (Å²) in [7, 11) is 0. The Labute approximate surface area is 109 Å². The molecule has 0 radical (unpaired) electrons. The number of carboxylic acids is 1. The number of ketones is 1. The smallest absolute Gasteiger partial charge is 0.310 e. The van der Waals surface area contributed by atoms with Gasteiger partial charge in [0.1, 0.15) is 5.78 Å². The molecule has 0 aromatic heterocycles. The molecule has 0 amide bonds. The van der Waals surface area contributed by atoms with Gasteiger partial charge in [-0.15, -0.1) is 0 Å². The largest absolute Gasteiger partial charge is 0.481 e. The molecular weight excluding hydrogens is 232 g/mol. The van der Waals surface area contributed by atoms with Crippen LogP contribution in [0.25, 0.3) is 0 Å². The first-order valence-electron chi connectivity index (χ1n) is 5.64. The van der Waals surface area contributed by atoms with E-state index in [2.05, 4.69) is 0 Å². The minimum atomic E-state index is -1.02. The Kier molecular flexibility index (Phi) is 6.28. The van der Waals surface area contributed by atoms with E-state index in [1.165, 1.54) is 6.92 Å². The van der Waals surface area contributed by atoms with Crippen LogP contribution in [-0.2, 0) is 9.59 Å². The van der Waals surface area contributed by atoms with Gasteiger partial charge in [0.2, 0.25) is 0 Å². The minimum Gasteiger partial charge on any atom is -0.481 e. The van der Waals surface area contributed by atoms with Crippen LogP contribution >= 0.6 is 0 Å². The zero-order valence-corrected chi connectivity index (χ0v) is 12.3. The highest BCUT2D eigenvalue weighted by Crippen LogP contribution is 2.39. The summed E-state index contributed by atoms with van der Waals surface area (Å²) in [6.07, 6.45) is 0. The summed E-state index contributed by atoms with van der Waals surface area (Å²) >= 11 is 0. The van der Waals surface area contributed by atoms with Crippen molar-refractivity contribution in [3.8, 4) is 6.07 Å². The van der Waals surface area contributed by atoms with E-state index in [0.717, 1.165) is 0 Å². The second-order valence-electron chi connectivity index (χ2n) is 5.94. The van der Waals surface area contributed by atoms with Gasteiger partial charge in [0.05, 0.1) is 17.0 Å². The first-order chi connectivity index (χ1) is 7.70. The molecule has 0 aliphatic rings. The lowest BCUT2D eigenvalue weighted by Crippen LogP contribution is -2.44. The third-order valence-electron chi connectivity index (χ3n) is 3.27. The fraction of sp³-hybridized carbons (Fsp3) is 0.769. The molecule has 5 nitrogen and oxygen atoms in total. The van der Waals surface area contributed by atoms with Crippen LogP contribution in [0, 0.1) is 22.2 Å². The second-order valence-corrected chi connectivity index (χ2v) is 5.94. The molecule has 0 aliphatic heterocycles. The summed E-state index contributed by atoms with van der Waals surface area (Å²) in [5.74, 6) is -1.04. The van der Waals surface area contributed by atoms with Gasteiger partial charge in [-0.05, 0) is 34.6 Å². The summed E-state index contributed by atoms with van der Waals surface area (Å²) in [5, 5.41) is 16.9.